The van der Waals surface area contributed by atoms with Crippen LogP contribution < -0.4 is 5.14 Å². The van der Waals surface area contributed by atoms with Crippen LogP contribution >= 0.6 is 0 Å². The van der Waals surface area contributed by atoms with Gasteiger partial charge in [0.2, 0.25) is 10.0 Å². The summed E-state index contributed by atoms with van der Waals surface area (Å²) in [4.78, 5) is 4.75. The maximum Gasteiger partial charge on any atom is 0.238 e. The molecule has 1 aromatic heterocycles. The van der Waals surface area contributed by atoms with Crippen LogP contribution in [0.25, 0.3) is 0 Å². The average Bonchev–Trinajstić information content (AvgIpc) is 2.95. The second-order valence-corrected chi connectivity index (χ2v) is 9.51. The van der Waals surface area contributed by atoms with Gasteiger partial charge in [-0.25, -0.2) is 13.6 Å². The van der Waals surface area contributed by atoms with Crippen molar-refractivity contribution in [2.75, 3.05) is 0 Å². The molecule has 0 radical (unpaired) electrons. The van der Waals surface area contributed by atoms with E-state index in [1.54, 1.807) is 12.1 Å². The lowest BCUT2D eigenvalue weighted by Gasteiger charge is -2.09. The van der Waals surface area contributed by atoms with E-state index in [2.05, 4.69) is 18.0 Å². The summed E-state index contributed by atoms with van der Waals surface area (Å²) >= 11 is 0. The number of hydrogen-bond acceptors (Lipinski definition) is 3. The predicted octanol–water partition coefficient (Wildman–Crippen LogP) is 3.94. The molecule has 0 aliphatic heterocycles. The molecule has 2 fully saturated rings. The summed E-state index contributed by atoms with van der Waals surface area (Å²) in [6, 6.07) is 11.4. The van der Waals surface area contributed by atoms with Gasteiger partial charge in [0, 0.05) is 11.9 Å². The first-order valence-corrected chi connectivity index (χ1v) is 11.0. The van der Waals surface area contributed by atoms with E-state index in [4.69, 9.17) is 5.14 Å². The zero-order valence-corrected chi connectivity index (χ0v) is 16.0. The lowest BCUT2D eigenvalue weighted by molar-refractivity contribution is 0.449. The van der Waals surface area contributed by atoms with Gasteiger partial charge in [0.25, 0.3) is 0 Å². The quantitative estimate of drug-likeness (QED) is 0.866. The summed E-state index contributed by atoms with van der Waals surface area (Å²) in [5, 5.41) is 5.23. The van der Waals surface area contributed by atoms with Crippen molar-refractivity contribution in [3.63, 3.8) is 0 Å². The van der Waals surface area contributed by atoms with Crippen molar-refractivity contribution in [3.8, 4) is 0 Å². The van der Waals surface area contributed by atoms with Crippen LogP contribution in [0, 0.1) is 18.3 Å². The van der Waals surface area contributed by atoms with Crippen LogP contribution in [-0.2, 0) is 16.4 Å². The van der Waals surface area contributed by atoms with E-state index >= 15 is 0 Å². The zero-order valence-electron chi connectivity index (χ0n) is 15.2. The van der Waals surface area contributed by atoms with Gasteiger partial charge in [-0.1, -0.05) is 31.0 Å². The van der Waals surface area contributed by atoms with Gasteiger partial charge in [-0.3, -0.25) is 4.98 Å². The Bertz CT molecular complexity index is 900. The minimum absolute atomic E-state index is 0.197. The summed E-state index contributed by atoms with van der Waals surface area (Å²) in [7, 11) is -3.63. The Kier molecular flexibility index (Phi) is 4.40. The van der Waals surface area contributed by atoms with Crippen molar-refractivity contribution in [1.82, 2.24) is 4.98 Å². The first-order valence-electron chi connectivity index (χ1n) is 9.45. The van der Waals surface area contributed by atoms with Gasteiger partial charge in [-0.2, -0.15) is 0 Å². The second-order valence-electron chi connectivity index (χ2n) is 7.94. The first-order chi connectivity index (χ1) is 12.4. The third-order valence-corrected chi connectivity index (χ3v) is 7.49. The molecule has 2 N–H and O–H groups in total. The van der Waals surface area contributed by atoms with E-state index in [1.807, 2.05) is 24.4 Å². The highest BCUT2D eigenvalue weighted by molar-refractivity contribution is 7.89. The van der Waals surface area contributed by atoms with Gasteiger partial charge in [0.1, 0.15) is 0 Å². The van der Waals surface area contributed by atoms with Crippen LogP contribution in [-0.4, -0.2) is 13.4 Å². The number of pyridine rings is 1. The van der Waals surface area contributed by atoms with Crippen LogP contribution in [0.15, 0.2) is 47.5 Å². The van der Waals surface area contributed by atoms with Crippen LogP contribution in [0.3, 0.4) is 0 Å². The largest absolute Gasteiger partial charge is 0.261 e. The number of rotatable bonds is 5. The van der Waals surface area contributed by atoms with E-state index in [9.17, 15) is 8.42 Å². The predicted molar refractivity (Wildman–Crippen MR) is 102 cm³/mol. The highest BCUT2D eigenvalue weighted by atomic mass is 32.2. The molecule has 5 heteroatoms. The van der Waals surface area contributed by atoms with Crippen molar-refractivity contribution in [3.05, 3.63) is 59.4 Å². The third-order valence-electron chi connectivity index (χ3n) is 6.56. The first kappa shape index (κ1) is 17.7. The van der Waals surface area contributed by atoms with Crippen LogP contribution in [0.4, 0.5) is 0 Å². The molecule has 4 rings (SSSR count). The number of benzene rings is 1. The molecular weight excluding hydrogens is 344 g/mol. The number of sulfonamides is 1. The van der Waals surface area contributed by atoms with Crippen molar-refractivity contribution < 1.29 is 8.42 Å². The van der Waals surface area contributed by atoms with Gasteiger partial charge in [0.15, 0.2) is 0 Å². The number of hydrogen-bond donors (Lipinski definition) is 1. The van der Waals surface area contributed by atoms with E-state index < -0.39 is 10.0 Å². The summed E-state index contributed by atoms with van der Waals surface area (Å²) in [6.45, 7) is 2.13. The van der Waals surface area contributed by atoms with Gasteiger partial charge in [-0.15, -0.1) is 0 Å². The van der Waals surface area contributed by atoms with Crippen molar-refractivity contribution in [2.24, 2.45) is 16.5 Å². The lowest BCUT2D eigenvalue weighted by Crippen LogP contribution is -2.11. The number of nitrogens with zero attached hydrogens (tertiary/aromatic N) is 1. The molecule has 1 spiro atoms. The normalized spacial score (nSPS) is 24.1. The van der Waals surface area contributed by atoms with E-state index in [0.29, 0.717) is 17.3 Å². The monoisotopic (exact) mass is 370 g/mol. The summed E-state index contributed by atoms with van der Waals surface area (Å²) in [5.41, 5.74) is 4.16. The Morgan fingerprint density at radius 2 is 1.85 bits per heavy atom. The molecule has 0 amide bonds. The molecule has 26 heavy (non-hydrogen) atoms. The Morgan fingerprint density at radius 1 is 1.15 bits per heavy atom. The van der Waals surface area contributed by atoms with Gasteiger partial charge < -0.3 is 0 Å². The van der Waals surface area contributed by atoms with E-state index in [0.717, 1.165) is 12.8 Å². The molecule has 0 unspecified atom stereocenters. The SMILES string of the molecule is Cc1cccnc1CC[C@@H]1[C@@H](c2ccc(S(N)(=O)=O)cc2)C12CCCC2. The van der Waals surface area contributed by atoms with Crippen molar-refractivity contribution in [2.45, 2.75) is 56.3 Å². The molecule has 4 nitrogen and oxygen atoms in total. The fraction of sp³-hybridized carbons (Fsp3) is 0.476. The Hall–Kier alpha value is -1.72. The Morgan fingerprint density at radius 3 is 2.46 bits per heavy atom. The number of aromatic nitrogens is 1. The summed E-state index contributed by atoms with van der Waals surface area (Å²) < 4.78 is 23.0. The summed E-state index contributed by atoms with van der Waals surface area (Å²) in [5.74, 6) is 1.22. The van der Waals surface area contributed by atoms with E-state index in [1.165, 1.54) is 42.5 Å². The van der Waals surface area contributed by atoms with Gasteiger partial charge in [-0.05, 0) is 79.2 Å². The molecule has 0 bridgehead atoms. The number of nitrogens with two attached hydrogens (primary N) is 1. The van der Waals surface area contributed by atoms with Crippen LogP contribution in [0.1, 0.15) is 54.8 Å². The van der Waals surface area contributed by atoms with E-state index in [-0.39, 0.29) is 4.90 Å². The molecular formula is C21H26N2O2S. The van der Waals surface area contributed by atoms with Crippen LogP contribution in [0.2, 0.25) is 0 Å². The van der Waals surface area contributed by atoms with Gasteiger partial charge in [0.05, 0.1) is 4.90 Å². The molecule has 2 aliphatic carbocycles. The average molecular weight is 371 g/mol. The standard InChI is InChI=1S/C21H26N2O2S/c1-15-5-4-14-23-19(15)11-10-18-20(21(18)12-2-3-13-21)16-6-8-17(9-7-16)26(22,24)25/h4-9,14,18,20H,2-3,10-13H2,1H3,(H2,22,24,25)/t18-,20-/m1/s1. The molecule has 2 saturated carbocycles. The van der Waals surface area contributed by atoms with Crippen molar-refractivity contribution >= 4 is 10.0 Å². The third kappa shape index (κ3) is 3.08. The minimum atomic E-state index is -3.63. The topological polar surface area (TPSA) is 73.0 Å². The van der Waals surface area contributed by atoms with Crippen molar-refractivity contribution in [1.29, 1.82) is 0 Å². The fourth-order valence-electron chi connectivity index (χ4n) is 5.25. The lowest BCUT2D eigenvalue weighted by atomic mass is 9.96. The molecule has 1 heterocycles. The second kappa shape index (κ2) is 6.46. The fourth-order valence-corrected chi connectivity index (χ4v) is 5.76. The highest BCUT2D eigenvalue weighted by Crippen LogP contribution is 2.73. The maximum atomic E-state index is 11.5. The smallest absolute Gasteiger partial charge is 0.238 e. The zero-order chi connectivity index (χ0) is 18.4. The number of aryl methyl sites for hydroxylation is 2. The molecule has 1 aromatic carbocycles. The minimum Gasteiger partial charge on any atom is -0.261 e. The molecule has 2 atom stereocenters. The molecule has 2 aliphatic rings. The van der Waals surface area contributed by atoms with Crippen LogP contribution in [0.5, 0.6) is 0 Å². The molecule has 2 aromatic rings. The summed E-state index contributed by atoms with van der Waals surface area (Å²) in [6.07, 6.45) is 9.26. The maximum absolute atomic E-state index is 11.5. The van der Waals surface area contributed by atoms with Gasteiger partial charge >= 0.3 is 0 Å². The number of primary sulfonamides is 1. The highest BCUT2D eigenvalue weighted by Gasteiger charge is 2.64. The Balaban J connectivity index is 1.54. The molecule has 138 valence electrons. The molecule has 0 saturated heterocycles. The Labute approximate surface area is 155 Å².